The van der Waals surface area contributed by atoms with Crippen LogP contribution in [0.5, 0.6) is 0 Å². The molecule has 106 valence electrons. The maximum Gasteiger partial charge on any atom is 0.220 e. The Hall–Kier alpha value is -2.17. The lowest BCUT2D eigenvalue weighted by atomic mass is 10.1. The Kier molecular flexibility index (Phi) is 4.50. The number of H-pyrrole nitrogens is 1. The highest BCUT2D eigenvalue weighted by molar-refractivity contribution is 5.76. The number of nitrogens with zero attached hydrogens (tertiary/aromatic N) is 1. The van der Waals surface area contributed by atoms with E-state index in [2.05, 4.69) is 15.5 Å². The molecular formula is C15H18FN3O. The number of hydrogen-bond donors (Lipinski definition) is 2. The van der Waals surface area contributed by atoms with E-state index in [9.17, 15) is 9.18 Å². The summed E-state index contributed by atoms with van der Waals surface area (Å²) in [5, 5.41) is 9.78. The highest BCUT2D eigenvalue weighted by Gasteiger charge is 2.09. The Bertz CT molecular complexity index is 587. The molecule has 1 aromatic carbocycles. The molecule has 1 heterocycles. The molecule has 0 fully saturated rings. The van der Waals surface area contributed by atoms with Gasteiger partial charge in [0, 0.05) is 24.2 Å². The number of aromatic nitrogens is 2. The van der Waals surface area contributed by atoms with Gasteiger partial charge in [-0.3, -0.25) is 9.89 Å². The van der Waals surface area contributed by atoms with E-state index in [1.165, 1.54) is 6.07 Å². The van der Waals surface area contributed by atoms with Crippen LogP contribution in [-0.4, -0.2) is 16.1 Å². The molecule has 1 aromatic heterocycles. The van der Waals surface area contributed by atoms with Crippen molar-refractivity contribution in [3.05, 3.63) is 52.6 Å². The lowest BCUT2D eigenvalue weighted by Gasteiger charge is -2.06. The second-order valence-corrected chi connectivity index (χ2v) is 4.78. The van der Waals surface area contributed by atoms with Gasteiger partial charge < -0.3 is 5.32 Å². The highest BCUT2D eigenvalue weighted by atomic mass is 19.1. The molecule has 2 rings (SSSR count). The third-order valence-corrected chi connectivity index (χ3v) is 3.32. The summed E-state index contributed by atoms with van der Waals surface area (Å²) in [5.41, 5.74) is 3.41. The molecule has 0 spiro atoms. The lowest BCUT2D eigenvalue weighted by molar-refractivity contribution is -0.121. The van der Waals surface area contributed by atoms with E-state index in [-0.39, 0.29) is 18.1 Å². The van der Waals surface area contributed by atoms with Crippen LogP contribution in [-0.2, 0) is 17.8 Å². The average molecular weight is 275 g/mol. The van der Waals surface area contributed by atoms with Gasteiger partial charge in [-0.05, 0) is 31.9 Å². The van der Waals surface area contributed by atoms with Gasteiger partial charge in [-0.2, -0.15) is 5.10 Å². The van der Waals surface area contributed by atoms with Gasteiger partial charge in [0.25, 0.3) is 0 Å². The number of rotatable bonds is 5. The van der Waals surface area contributed by atoms with Crippen molar-refractivity contribution in [1.82, 2.24) is 15.5 Å². The van der Waals surface area contributed by atoms with Crippen LogP contribution in [0.3, 0.4) is 0 Å². The van der Waals surface area contributed by atoms with E-state index in [4.69, 9.17) is 0 Å². The first-order valence-electron chi connectivity index (χ1n) is 6.58. The number of nitrogens with one attached hydrogen (secondary N) is 2. The van der Waals surface area contributed by atoms with Gasteiger partial charge in [0.2, 0.25) is 5.91 Å². The number of aromatic amines is 1. The van der Waals surface area contributed by atoms with Crippen molar-refractivity contribution in [3.63, 3.8) is 0 Å². The van der Waals surface area contributed by atoms with E-state index >= 15 is 0 Å². The summed E-state index contributed by atoms with van der Waals surface area (Å²) in [6.45, 7) is 4.26. The van der Waals surface area contributed by atoms with Crippen molar-refractivity contribution in [3.8, 4) is 0 Å². The third kappa shape index (κ3) is 3.44. The SMILES string of the molecule is Cc1n[nH]c(C)c1CNC(=O)CCc1ccccc1F. The second kappa shape index (κ2) is 6.32. The summed E-state index contributed by atoms with van der Waals surface area (Å²) in [5.74, 6) is -0.352. The van der Waals surface area contributed by atoms with E-state index in [0.29, 0.717) is 18.5 Å². The van der Waals surface area contributed by atoms with Gasteiger partial charge in [-0.15, -0.1) is 0 Å². The number of carbonyl (C=O) groups excluding carboxylic acids is 1. The fourth-order valence-electron chi connectivity index (χ4n) is 2.06. The van der Waals surface area contributed by atoms with Gasteiger partial charge in [0.1, 0.15) is 5.82 Å². The zero-order valence-electron chi connectivity index (χ0n) is 11.7. The number of hydrogen-bond acceptors (Lipinski definition) is 2. The van der Waals surface area contributed by atoms with Gasteiger partial charge in [0.15, 0.2) is 0 Å². The first kappa shape index (κ1) is 14.2. The zero-order valence-corrected chi connectivity index (χ0v) is 11.7. The minimum atomic E-state index is -0.262. The molecule has 5 heteroatoms. The number of carbonyl (C=O) groups is 1. The highest BCUT2D eigenvalue weighted by Crippen LogP contribution is 2.10. The fraction of sp³-hybridized carbons (Fsp3) is 0.333. The topological polar surface area (TPSA) is 57.8 Å². The normalized spacial score (nSPS) is 10.6. The van der Waals surface area contributed by atoms with Crippen LogP contribution in [0.4, 0.5) is 4.39 Å². The predicted molar refractivity (Wildman–Crippen MR) is 74.6 cm³/mol. The van der Waals surface area contributed by atoms with Crippen LogP contribution in [0, 0.1) is 19.7 Å². The Morgan fingerprint density at radius 3 is 2.75 bits per heavy atom. The van der Waals surface area contributed by atoms with Gasteiger partial charge in [-0.1, -0.05) is 18.2 Å². The Morgan fingerprint density at radius 2 is 2.10 bits per heavy atom. The molecule has 0 saturated carbocycles. The van der Waals surface area contributed by atoms with E-state index in [1.54, 1.807) is 18.2 Å². The van der Waals surface area contributed by atoms with Crippen molar-refractivity contribution in [2.45, 2.75) is 33.2 Å². The summed E-state index contributed by atoms with van der Waals surface area (Å²) in [6, 6.07) is 6.52. The quantitative estimate of drug-likeness (QED) is 0.880. The van der Waals surface area contributed by atoms with Crippen LogP contribution in [0.2, 0.25) is 0 Å². The first-order chi connectivity index (χ1) is 9.58. The summed E-state index contributed by atoms with van der Waals surface area (Å²) in [7, 11) is 0. The number of amides is 1. The number of benzene rings is 1. The number of aryl methyl sites for hydroxylation is 3. The number of halogens is 1. The molecule has 0 aliphatic heterocycles. The zero-order chi connectivity index (χ0) is 14.5. The monoisotopic (exact) mass is 275 g/mol. The van der Waals surface area contributed by atoms with Crippen molar-refractivity contribution in [2.24, 2.45) is 0 Å². The molecule has 2 aromatic rings. The largest absolute Gasteiger partial charge is 0.352 e. The Balaban J connectivity index is 1.83. The molecule has 0 unspecified atom stereocenters. The Morgan fingerprint density at radius 1 is 1.35 bits per heavy atom. The maximum atomic E-state index is 13.4. The van der Waals surface area contributed by atoms with E-state index in [0.717, 1.165) is 17.0 Å². The van der Waals surface area contributed by atoms with Crippen LogP contribution < -0.4 is 5.32 Å². The average Bonchev–Trinajstić information content (AvgIpc) is 2.75. The molecule has 2 N–H and O–H groups in total. The van der Waals surface area contributed by atoms with Gasteiger partial charge >= 0.3 is 0 Å². The molecule has 0 radical (unpaired) electrons. The van der Waals surface area contributed by atoms with Gasteiger partial charge in [0.05, 0.1) is 5.69 Å². The first-order valence-corrected chi connectivity index (χ1v) is 6.58. The smallest absolute Gasteiger partial charge is 0.220 e. The molecule has 0 bridgehead atoms. The minimum Gasteiger partial charge on any atom is -0.352 e. The van der Waals surface area contributed by atoms with Crippen LogP contribution in [0.1, 0.15) is 28.9 Å². The van der Waals surface area contributed by atoms with E-state index < -0.39 is 0 Å². The molecule has 1 amide bonds. The van der Waals surface area contributed by atoms with Crippen LogP contribution >= 0.6 is 0 Å². The molecule has 20 heavy (non-hydrogen) atoms. The van der Waals surface area contributed by atoms with Crippen molar-refractivity contribution in [1.29, 1.82) is 0 Å². The van der Waals surface area contributed by atoms with Crippen LogP contribution in [0.15, 0.2) is 24.3 Å². The third-order valence-electron chi connectivity index (χ3n) is 3.32. The lowest BCUT2D eigenvalue weighted by Crippen LogP contribution is -2.23. The molecule has 0 aliphatic rings. The molecule has 0 aliphatic carbocycles. The molecule has 0 atom stereocenters. The van der Waals surface area contributed by atoms with Crippen LogP contribution in [0.25, 0.3) is 0 Å². The van der Waals surface area contributed by atoms with E-state index in [1.807, 2.05) is 13.8 Å². The molecule has 4 nitrogen and oxygen atoms in total. The summed E-state index contributed by atoms with van der Waals surface area (Å²) >= 11 is 0. The predicted octanol–water partition coefficient (Wildman–Crippen LogP) is 2.41. The molecule has 0 saturated heterocycles. The minimum absolute atomic E-state index is 0.0896. The second-order valence-electron chi connectivity index (χ2n) is 4.78. The standard InChI is InChI=1S/C15H18FN3O/c1-10-13(11(2)19-18-10)9-17-15(20)8-7-12-5-3-4-6-14(12)16/h3-6H,7-9H2,1-2H3,(H,17,20)(H,18,19). The van der Waals surface area contributed by atoms with Crippen molar-refractivity contribution >= 4 is 5.91 Å². The Labute approximate surface area is 117 Å². The van der Waals surface area contributed by atoms with Crippen molar-refractivity contribution < 1.29 is 9.18 Å². The summed E-state index contributed by atoms with van der Waals surface area (Å²) < 4.78 is 13.4. The van der Waals surface area contributed by atoms with Gasteiger partial charge in [-0.25, -0.2) is 4.39 Å². The molecular weight excluding hydrogens is 257 g/mol. The maximum absolute atomic E-state index is 13.4. The summed E-state index contributed by atoms with van der Waals surface area (Å²) in [6.07, 6.45) is 0.679. The summed E-state index contributed by atoms with van der Waals surface area (Å²) in [4.78, 5) is 11.8. The van der Waals surface area contributed by atoms with Crippen molar-refractivity contribution in [2.75, 3.05) is 0 Å². The fourth-order valence-corrected chi connectivity index (χ4v) is 2.06.